The number of halogens is 4. The van der Waals surface area contributed by atoms with Gasteiger partial charge in [0.1, 0.15) is 23.3 Å². The zero-order valence-corrected chi connectivity index (χ0v) is 10.3. The van der Waals surface area contributed by atoms with E-state index in [9.17, 15) is 22.4 Å². The number of hydrogen-bond donors (Lipinski definition) is 1. The maximum absolute atomic E-state index is 14.1. The predicted octanol–water partition coefficient (Wildman–Crippen LogP) is 3.32. The summed E-state index contributed by atoms with van der Waals surface area (Å²) in [6.45, 7) is 1.43. The molecule has 0 radical (unpaired) electrons. The van der Waals surface area contributed by atoms with Gasteiger partial charge in [-0.2, -0.15) is 0 Å². The second-order valence-electron chi connectivity index (χ2n) is 4.25. The number of aryl methyl sites for hydroxylation is 1. The van der Waals surface area contributed by atoms with Crippen LogP contribution in [0.4, 0.5) is 17.6 Å². The second kappa shape index (κ2) is 4.96. The minimum absolute atomic E-state index is 0.260. The van der Waals surface area contributed by atoms with Crippen molar-refractivity contribution in [1.29, 1.82) is 0 Å². The smallest absolute Gasteiger partial charge is 0.251 e. The summed E-state index contributed by atoms with van der Waals surface area (Å²) in [7, 11) is 0. The van der Waals surface area contributed by atoms with Crippen LogP contribution in [-0.2, 0) is 0 Å². The first kappa shape index (κ1) is 14.0. The Morgan fingerprint density at radius 3 is 2.00 bits per heavy atom. The zero-order chi connectivity index (χ0) is 15.0. The molecule has 20 heavy (non-hydrogen) atoms. The Morgan fingerprint density at radius 1 is 0.950 bits per heavy atom. The Balaban J connectivity index is 2.83. The molecule has 2 nitrogen and oxygen atoms in total. The minimum Gasteiger partial charge on any atom is -0.366 e. The Morgan fingerprint density at radius 2 is 1.50 bits per heavy atom. The van der Waals surface area contributed by atoms with E-state index < -0.39 is 45.9 Å². The third-order valence-corrected chi connectivity index (χ3v) is 2.79. The van der Waals surface area contributed by atoms with Crippen LogP contribution < -0.4 is 5.73 Å². The number of benzene rings is 2. The minimum atomic E-state index is -1.39. The molecule has 0 aliphatic rings. The topological polar surface area (TPSA) is 43.1 Å². The van der Waals surface area contributed by atoms with Gasteiger partial charge in [-0.1, -0.05) is 0 Å². The summed E-state index contributed by atoms with van der Waals surface area (Å²) >= 11 is 0. The van der Waals surface area contributed by atoms with E-state index in [1.165, 1.54) is 6.92 Å². The Bertz CT molecular complexity index is 690. The fourth-order valence-electron chi connectivity index (χ4n) is 1.91. The van der Waals surface area contributed by atoms with Gasteiger partial charge in [0.2, 0.25) is 0 Å². The van der Waals surface area contributed by atoms with Crippen LogP contribution in [0, 0.1) is 30.2 Å². The maximum atomic E-state index is 14.1. The van der Waals surface area contributed by atoms with Crippen molar-refractivity contribution in [2.45, 2.75) is 6.92 Å². The fraction of sp³-hybridized carbons (Fsp3) is 0.0714. The number of amides is 1. The summed E-state index contributed by atoms with van der Waals surface area (Å²) in [4.78, 5) is 11.0. The van der Waals surface area contributed by atoms with E-state index in [2.05, 4.69) is 0 Å². The van der Waals surface area contributed by atoms with Crippen LogP contribution in [-0.4, -0.2) is 5.91 Å². The third kappa shape index (κ3) is 2.24. The van der Waals surface area contributed by atoms with Crippen LogP contribution >= 0.6 is 0 Å². The van der Waals surface area contributed by atoms with Gasteiger partial charge in [0, 0.05) is 0 Å². The Hall–Kier alpha value is -2.37. The summed E-state index contributed by atoms with van der Waals surface area (Å²) in [5, 5.41) is 0. The molecular formula is C14H9F4NO. The highest BCUT2D eigenvalue weighted by atomic mass is 19.1. The first-order chi connectivity index (χ1) is 9.32. The first-order valence-electron chi connectivity index (χ1n) is 5.56. The van der Waals surface area contributed by atoms with E-state index in [1.807, 2.05) is 0 Å². The molecule has 104 valence electrons. The summed E-state index contributed by atoms with van der Waals surface area (Å²) in [5.41, 5.74) is 2.73. The molecule has 0 aliphatic heterocycles. The van der Waals surface area contributed by atoms with E-state index in [0.29, 0.717) is 0 Å². The molecule has 1 amide bonds. The highest BCUT2D eigenvalue weighted by Gasteiger charge is 2.23. The number of nitrogens with two attached hydrogens (primary N) is 1. The van der Waals surface area contributed by atoms with Gasteiger partial charge < -0.3 is 5.73 Å². The molecule has 0 spiro atoms. The van der Waals surface area contributed by atoms with Gasteiger partial charge in [-0.25, -0.2) is 17.6 Å². The van der Waals surface area contributed by atoms with Crippen LogP contribution in [0.15, 0.2) is 24.3 Å². The van der Waals surface area contributed by atoms with Gasteiger partial charge in [-0.3, -0.25) is 4.79 Å². The molecule has 2 N–H and O–H groups in total. The number of carbonyl (C=O) groups is 1. The lowest BCUT2D eigenvalue weighted by molar-refractivity contribution is 0.0996. The van der Waals surface area contributed by atoms with Gasteiger partial charge in [-0.15, -0.1) is 0 Å². The standard InChI is InChI=1S/C14H9F4NO/c1-6-4-9(16)11(10(17)5-6)12-8(15)3-2-7(13(12)18)14(19)20/h2-5H,1H3,(H2,19,20). The molecule has 2 rings (SSSR count). The van der Waals surface area contributed by atoms with Crippen molar-refractivity contribution in [3.05, 3.63) is 58.7 Å². The molecular weight excluding hydrogens is 274 g/mol. The van der Waals surface area contributed by atoms with Crippen molar-refractivity contribution in [3.8, 4) is 11.1 Å². The van der Waals surface area contributed by atoms with Gasteiger partial charge in [0.25, 0.3) is 5.91 Å². The lowest BCUT2D eigenvalue weighted by atomic mass is 9.98. The fourth-order valence-corrected chi connectivity index (χ4v) is 1.91. The van der Waals surface area contributed by atoms with Crippen molar-refractivity contribution in [2.24, 2.45) is 5.73 Å². The molecule has 0 aromatic heterocycles. The SMILES string of the molecule is Cc1cc(F)c(-c2c(F)ccc(C(N)=O)c2F)c(F)c1. The normalized spacial score (nSPS) is 10.7. The number of hydrogen-bond acceptors (Lipinski definition) is 1. The highest BCUT2D eigenvalue weighted by molar-refractivity contribution is 5.94. The molecule has 2 aromatic carbocycles. The van der Waals surface area contributed by atoms with E-state index in [0.717, 1.165) is 24.3 Å². The number of carbonyl (C=O) groups excluding carboxylic acids is 1. The molecule has 0 saturated carbocycles. The molecule has 0 heterocycles. The average Bonchev–Trinajstić information content (AvgIpc) is 2.31. The van der Waals surface area contributed by atoms with Crippen LogP contribution in [0.2, 0.25) is 0 Å². The first-order valence-corrected chi connectivity index (χ1v) is 5.56. The number of primary amides is 1. The van der Waals surface area contributed by atoms with Crippen LogP contribution in [0.1, 0.15) is 15.9 Å². The zero-order valence-electron chi connectivity index (χ0n) is 10.3. The summed E-state index contributed by atoms with van der Waals surface area (Å²) in [6.07, 6.45) is 0. The molecule has 6 heteroatoms. The molecule has 2 aromatic rings. The molecule has 0 saturated heterocycles. The third-order valence-electron chi connectivity index (χ3n) is 2.79. The number of rotatable bonds is 2. The van der Waals surface area contributed by atoms with Gasteiger partial charge in [0.15, 0.2) is 0 Å². The van der Waals surface area contributed by atoms with Crippen molar-refractivity contribution >= 4 is 5.91 Å². The highest BCUT2D eigenvalue weighted by Crippen LogP contribution is 2.32. The Kier molecular flexibility index (Phi) is 3.48. The molecule has 0 unspecified atom stereocenters. The Labute approximate surface area is 111 Å². The monoisotopic (exact) mass is 283 g/mol. The average molecular weight is 283 g/mol. The predicted molar refractivity (Wildman–Crippen MR) is 65.0 cm³/mol. The van der Waals surface area contributed by atoms with Gasteiger partial charge in [0.05, 0.1) is 16.7 Å². The van der Waals surface area contributed by atoms with Crippen LogP contribution in [0.5, 0.6) is 0 Å². The lowest BCUT2D eigenvalue weighted by Gasteiger charge is -2.10. The molecule has 0 atom stereocenters. The van der Waals surface area contributed by atoms with Crippen molar-refractivity contribution < 1.29 is 22.4 Å². The van der Waals surface area contributed by atoms with E-state index >= 15 is 0 Å². The quantitative estimate of drug-likeness (QED) is 0.844. The summed E-state index contributed by atoms with van der Waals surface area (Å²) in [5.74, 6) is -5.98. The summed E-state index contributed by atoms with van der Waals surface area (Å²) in [6, 6.07) is 3.43. The van der Waals surface area contributed by atoms with Crippen LogP contribution in [0.3, 0.4) is 0 Å². The van der Waals surface area contributed by atoms with Crippen molar-refractivity contribution in [3.63, 3.8) is 0 Å². The molecule has 0 bridgehead atoms. The maximum Gasteiger partial charge on any atom is 0.251 e. The van der Waals surface area contributed by atoms with Crippen LogP contribution in [0.25, 0.3) is 11.1 Å². The second-order valence-corrected chi connectivity index (χ2v) is 4.25. The lowest BCUT2D eigenvalue weighted by Crippen LogP contribution is -2.14. The molecule has 0 fully saturated rings. The van der Waals surface area contributed by atoms with Crippen molar-refractivity contribution in [1.82, 2.24) is 0 Å². The van der Waals surface area contributed by atoms with Crippen molar-refractivity contribution in [2.75, 3.05) is 0 Å². The van der Waals surface area contributed by atoms with E-state index in [4.69, 9.17) is 5.73 Å². The van der Waals surface area contributed by atoms with E-state index in [1.54, 1.807) is 0 Å². The van der Waals surface area contributed by atoms with E-state index in [-0.39, 0.29) is 5.56 Å². The summed E-state index contributed by atoms with van der Waals surface area (Å²) < 4.78 is 55.4. The van der Waals surface area contributed by atoms with Gasteiger partial charge >= 0.3 is 0 Å². The van der Waals surface area contributed by atoms with Gasteiger partial charge in [-0.05, 0) is 36.8 Å². The molecule has 0 aliphatic carbocycles. The largest absolute Gasteiger partial charge is 0.366 e.